The van der Waals surface area contributed by atoms with Crippen LogP contribution in [0.5, 0.6) is 0 Å². The van der Waals surface area contributed by atoms with Crippen LogP contribution in [-0.2, 0) is 18.4 Å². The number of rotatable bonds is 9. The molecule has 0 amide bonds. The summed E-state index contributed by atoms with van der Waals surface area (Å²) in [6.07, 6.45) is -1.08. The van der Waals surface area contributed by atoms with Gasteiger partial charge in [-0.1, -0.05) is 41.9 Å². The van der Waals surface area contributed by atoms with Crippen LogP contribution in [0.3, 0.4) is 0 Å². The topological polar surface area (TPSA) is 176 Å². The molecule has 35 heavy (non-hydrogen) atoms. The molecule has 12 nitrogen and oxygen atoms in total. The van der Waals surface area contributed by atoms with E-state index in [9.17, 15) is 19.1 Å². The number of anilines is 1. The van der Waals surface area contributed by atoms with Crippen molar-refractivity contribution in [1.82, 2.24) is 14.6 Å². The van der Waals surface area contributed by atoms with E-state index in [1.165, 1.54) is 4.52 Å². The van der Waals surface area contributed by atoms with E-state index >= 15 is 0 Å². The van der Waals surface area contributed by atoms with E-state index in [2.05, 4.69) is 15.4 Å². The second-order valence-electron chi connectivity index (χ2n) is 8.28. The molecule has 5 N–H and O–H groups in total. The average molecular weight is 547 g/mol. The molecule has 1 aliphatic rings. The Bertz CT molecular complexity index is 1290. The van der Waals surface area contributed by atoms with Gasteiger partial charge in [0.05, 0.1) is 30.3 Å². The van der Waals surface area contributed by atoms with Crippen LogP contribution in [0.15, 0.2) is 42.6 Å². The minimum absolute atomic E-state index is 0.0491. The number of fused-ring (bicyclic) bond motifs is 1. The molecule has 4 rings (SSSR count). The molecule has 0 radical (unpaired) electrons. The van der Waals surface area contributed by atoms with Crippen molar-refractivity contribution in [2.24, 2.45) is 0 Å². The average Bonchev–Trinajstić information content (AvgIpc) is 3.34. The van der Waals surface area contributed by atoms with E-state index in [1.807, 2.05) is 37.3 Å². The highest BCUT2D eigenvalue weighted by Gasteiger charge is 2.39. The Hall–Kier alpha value is -1.85. The predicted molar refractivity (Wildman–Crippen MR) is 127 cm³/mol. The predicted octanol–water partition coefficient (Wildman–Crippen LogP) is 3.08. The molecule has 190 valence electrons. The van der Waals surface area contributed by atoms with E-state index < -0.39 is 46.0 Å². The molecule has 1 saturated heterocycles. The summed E-state index contributed by atoms with van der Waals surface area (Å²) in [5, 5.41) is 18.3. The molecule has 1 unspecified atom stereocenters. The Morgan fingerprint density at radius 2 is 2.00 bits per heavy atom. The van der Waals surface area contributed by atoms with Gasteiger partial charge in [0.15, 0.2) is 16.7 Å². The van der Waals surface area contributed by atoms with E-state index in [0.717, 1.165) is 5.56 Å². The van der Waals surface area contributed by atoms with Crippen molar-refractivity contribution < 1.29 is 38.2 Å². The van der Waals surface area contributed by atoms with Crippen molar-refractivity contribution in [1.29, 1.82) is 0 Å². The Kier molecular flexibility index (Phi) is 7.68. The maximum atomic E-state index is 11.9. The third-order valence-electron chi connectivity index (χ3n) is 5.49. The zero-order chi connectivity index (χ0) is 25.4. The molecule has 0 bridgehead atoms. The number of aliphatic hydroxyl groups excluding tert-OH is 1. The van der Waals surface area contributed by atoms with Crippen LogP contribution in [0.25, 0.3) is 5.65 Å². The Morgan fingerprint density at radius 3 is 2.69 bits per heavy atom. The summed E-state index contributed by atoms with van der Waals surface area (Å²) in [6, 6.07) is 11.4. The number of hydrogen-bond donors (Lipinski definition) is 5. The van der Waals surface area contributed by atoms with Crippen molar-refractivity contribution in [3.05, 3.63) is 59.0 Å². The molecule has 1 aromatic carbocycles. The number of halogens is 1. The van der Waals surface area contributed by atoms with Gasteiger partial charge in [0.2, 0.25) is 0 Å². The van der Waals surface area contributed by atoms with Gasteiger partial charge < -0.3 is 34.4 Å². The number of imidazole rings is 1. The van der Waals surface area contributed by atoms with Crippen LogP contribution in [-0.4, -0.2) is 59.1 Å². The van der Waals surface area contributed by atoms with Crippen molar-refractivity contribution >= 4 is 38.1 Å². The lowest BCUT2D eigenvalue weighted by Gasteiger charge is -2.18. The largest absolute Gasteiger partial charge is 0.390 e. The number of aliphatic hydroxyl groups is 1. The number of nitrogens with one attached hydrogen (secondary N) is 1. The Morgan fingerprint density at radius 1 is 1.29 bits per heavy atom. The molecule has 15 heteroatoms. The zero-order valence-electron chi connectivity index (χ0n) is 18.5. The van der Waals surface area contributed by atoms with Crippen LogP contribution in [0.4, 0.5) is 5.69 Å². The van der Waals surface area contributed by atoms with Gasteiger partial charge in [-0.25, -0.2) is 9.50 Å². The molecule has 1 fully saturated rings. The summed E-state index contributed by atoms with van der Waals surface area (Å²) in [5.41, 5.74) is 2.70. The van der Waals surface area contributed by atoms with Crippen LogP contribution >= 0.6 is 26.8 Å². The number of benzene rings is 1. The molecule has 5 atom stereocenters. The van der Waals surface area contributed by atoms with Gasteiger partial charge in [-0.2, -0.15) is 5.10 Å². The molecule has 0 aliphatic carbocycles. The van der Waals surface area contributed by atoms with Gasteiger partial charge in [-0.3, -0.25) is 9.13 Å². The van der Waals surface area contributed by atoms with Gasteiger partial charge in [-0.05, 0) is 12.5 Å². The maximum Gasteiger partial charge on any atom is 0.340 e. The lowest BCUT2D eigenvalue weighted by Crippen LogP contribution is -2.26. The molecule has 0 saturated carbocycles. The van der Waals surface area contributed by atoms with Gasteiger partial charge in [-0.15, -0.1) is 0 Å². The highest BCUT2D eigenvalue weighted by molar-refractivity contribution is 7.70. The summed E-state index contributed by atoms with van der Waals surface area (Å²) in [4.78, 5) is 31.9. The minimum atomic E-state index is -4.76. The highest BCUT2D eigenvalue weighted by Crippen LogP contribution is 2.55. The first-order chi connectivity index (χ1) is 16.4. The lowest BCUT2D eigenvalue weighted by atomic mass is 10.1. The smallest absolute Gasteiger partial charge is 0.340 e. The van der Waals surface area contributed by atoms with Crippen LogP contribution in [0, 0.1) is 0 Å². The van der Waals surface area contributed by atoms with Crippen LogP contribution < -0.4 is 5.32 Å². The Labute approximate surface area is 205 Å². The molecule has 2 aromatic heterocycles. The molecule has 1 aliphatic heterocycles. The van der Waals surface area contributed by atoms with Crippen molar-refractivity contribution in [3.63, 3.8) is 0 Å². The van der Waals surface area contributed by atoms with E-state index in [0.29, 0.717) is 17.0 Å². The molecule has 0 spiro atoms. The molecular weight excluding hydrogens is 522 g/mol. The Balaban J connectivity index is 1.51. The van der Waals surface area contributed by atoms with Gasteiger partial charge in [0.1, 0.15) is 12.2 Å². The molecule has 3 aromatic rings. The first-order valence-electron chi connectivity index (χ1n) is 10.6. The lowest BCUT2D eigenvalue weighted by molar-refractivity contribution is -0.0198. The monoisotopic (exact) mass is 546 g/mol. The van der Waals surface area contributed by atoms with Crippen molar-refractivity contribution in [2.45, 2.75) is 37.7 Å². The fraction of sp³-hybridized carbons (Fsp3) is 0.400. The maximum absolute atomic E-state index is 11.9. The summed E-state index contributed by atoms with van der Waals surface area (Å²) < 4.78 is 35.0. The standard InChI is InChI=1S/C20H25ClN4O8P2/c1-12(13-5-3-2-4-6-13)23-14-7-19(21)24-25-15(9-22-20(14)25)17-8-16(26)18(33-17)10-32-35(30,31)11-34(27,28)29/h2-7,9,12,16-18,23,26H,8,10-11H2,1H3,(H,30,31)(H2,27,28,29)/t12-,16-,17+,18+/m0/s1. The SMILES string of the molecule is C[C@H](Nc1cc(Cl)nn2c([C@H]3C[C@H](O)[C@@H](COP(=O)(O)CP(=O)(O)O)O3)cnc12)c1ccccc1. The van der Waals surface area contributed by atoms with Gasteiger partial charge in [0, 0.05) is 18.5 Å². The zero-order valence-corrected chi connectivity index (χ0v) is 21.1. The van der Waals surface area contributed by atoms with E-state index in [4.69, 9.17) is 30.6 Å². The first kappa shape index (κ1) is 26.2. The number of ether oxygens (including phenoxy) is 1. The number of hydrogen-bond acceptors (Lipinski definition) is 8. The van der Waals surface area contributed by atoms with Gasteiger partial charge >= 0.3 is 15.2 Å². The molecular formula is C20H25ClN4O8P2. The van der Waals surface area contributed by atoms with Crippen LogP contribution in [0.2, 0.25) is 5.15 Å². The third kappa shape index (κ3) is 6.48. The summed E-state index contributed by atoms with van der Waals surface area (Å²) in [5.74, 6) is -1.32. The fourth-order valence-electron chi connectivity index (χ4n) is 3.87. The molecule has 3 heterocycles. The second kappa shape index (κ2) is 10.3. The summed E-state index contributed by atoms with van der Waals surface area (Å²) in [6.45, 7) is 1.47. The summed E-state index contributed by atoms with van der Waals surface area (Å²) >= 11 is 6.27. The van der Waals surface area contributed by atoms with Crippen LogP contribution in [0.1, 0.15) is 36.7 Å². The quantitative estimate of drug-likeness (QED) is 0.249. The van der Waals surface area contributed by atoms with Gasteiger partial charge in [0.25, 0.3) is 0 Å². The highest BCUT2D eigenvalue weighted by atomic mass is 35.5. The first-order valence-corrected chi connectivity index (χ1v) is 14.6. The third-order valence-corrected chi connectivity index (χ3v) is 9.13. The second-order valence-corrected chi connectivity index (χ2v) is 12.7. The van der Waals surface area contributed by atoms with Crippen molar-refractivity contribution in [2.75, 3.05) is 17.8 Å². The van der Waals surface area contributed by atoms with E-state index in [1.54, 1.807) is 12.3 Å². The van der Waals surface area contributed by atoms with Crippen molar-refractivity contribution in [3.8, 4) is 0 Å². The normalized spacial score (nSPS) is 23.3. The van der Waals surface area contributed by atoms with E-state index in [-0.39, 0.29) is 17.6 Å². The minimum Gasteiger partial charge on any atom is -0.390 e. The summed E-state index contributed by atoms with van der Waals surface area (Å²) in [7, 11) is -9.34. The fourth-order valence-corrected chi connectivity index (χ4v) is 6.63. The number of nitrogens with zero attached hydrogens (tertiary/aromatic N) is 3. The number of aromatic nitrogens is 3.